The summed E-state index contributed by atoms with van der Waals surface area (Å²) in [6, 6.07) is 0. The number of hydrogen-bond acceptors (Lipinski definition) is 1. The Balaban J connectivity index is 0. The summed E-state index contributed by atoms with van der Waals surface area (Å²) in [6.45, 7) is 6.38. The van der Waals surface area contributed by atoms with E-state index in [-0.39, 0.29) is 25.8 Å². The van der Waals surface area contributed by atoms with Crippen LogP contribution in [-0.4, -0.2) is 13.2 Å². The Bertz CT molecular complexity index is 58.9. The van der Waals surface area contributed by atoms with E-state index in [0.717, 1.165) is 13.2 Å². The van der Waals surface area contributed by atoms with Crippen LogP contribution in [0.1, 0.15) is 52.4 Å². The smallest absolute Gasteiger partial charge is 0.381 e. The van der Waals surface area contributed by atoms with Crippen LogP contribution in [0.5, 0.6) is 0 Å². The zero-order chi connectivity index (χ0) is 8.36. The predicted molar refractivity (Wildman–Crippen MR) is 49.9 cm³/mol. The molecule has 0 fully saturated rings. The minimum atomic E-state index is 0. The van der Waals surface area contributed by atoms with Crippen molar-refractivity contribution >= 4 is 0 Å². The summed E-state index contributed by atoms with van der Waals surface area (Å²) in [5, 5.41) is 0. The van der Waals surface area contributed by atoms with Gasteiger partial charge in [-0.1, -0.05) is 39.5 Å². The molecule has 0 radical (unpaired) electrons. The van der Waals surface area contributed by atoms with Gasteiger partial charge in [0.1, 0.15) is 0 Å². The molecule has 0 bridgehead atoms. The van der Waals surface area contributed by atoms with Crippen molar-refractivity contribution in [1.82, 2.24) is 0 Å². The van der Waals surface area contributed by atoms with Gasteiger partial charge in [0.25, 0.3) is 0 Å². The van der Waals surface area contributed by atoms with Gasteiger partial charge < -0.3 is 4.74 Å². The van der Waals surface area contributed by atoms with Gasteiger partial charge in [0.2, 0.25) is 0 Å². The van der Waals surface area contributed by atoms with E-state index in [4.69, 9.17) is 4.74 Å². The number of ether oxygens (including phenoxy) is 1. The molecule has 0 spiro atoms. The third-order valence-electron chi connectivity index (χ3n) is 1.78. The Morgan fingerprint density at radius 3 is 1.50 bits per heavy atom. The fourth-order valence-corrected chi connectivity index (χ4v) is 1.01. The van der Waals surface area contributed by atoms with Crippen molar-refractivity contribution in [3.05, 3.63) is 0 Å². The molecule has 0 atom stereocenters. The molecule has 0 aromatic heterocycles. The maximum atomic E-state index is 5.44. The molecule has 2 heteroatoms. The van der Waals surface area contributed by atoms with E-state index in [9.17, 15) is 0 Å². The Morgan fingerprint density at radius 2 is 1.17 bits per heavy atom. The van der Waals surface area contributed by atoms with Crippen LogP contribution in [0.3, 0.4) is 0 Å². The molecule has 0 aromatic rings. The molecule has 68 valence electrons. The average Bonchev–Trinajstić information content (AvgIpc) is 2.03. The molecule has 0 aliphatic rings. The van der Waals surface area contributed by atoms with E-state index < -0.39 is 0 Å². The molecule has 0 heterocycles. The quantitative estimate of drug-likeness (QED) is 0.488. The van der Waals surface area contributed by atoms with Crippen molar-refractivity contribution in [3.63, 3.8) is 0 Å². The predicted octanol–water partition coefficient (Wildman–Crippen LogP) is 3.38. The van der Waals surface area contributed by atoms with Crippen LogP contribution in [0.25, 0.3) is 0 Å². The number of rotatable bonds is 8. The summed E-state index contributed by atoms with van der Waals surface area (Å²) in [5.41, 5.74) is 0. The molecule has 0 saturated heterocycles. The number of hydrogen-bond donors (Lipinski definition) is 0. The Morgan fingerprint density at radius 1 is 0.750 bits per heavy atom. The Labute approximate surface area is 96.0 Å². The molecule has 0 rings (SSSR count). The Hall–Kier alpha value is 0.830. The van der Waals surface area contributed by atoms with Crippen molar-refractivity contribution in [3.8, 4) is 0 Å². The van der Waals surface area contributed by atoms with Crippen LogP contribution in [-0.2, 0) is 30.6 Å². The first-order valence-electron chi connectivity index (χ1n) is 4.99. The first kappa shape index (κ1) is 15.3. The summed E-state index contributed by atoms with van der Waals surface area (Å²) in [7, 11) is 0. The second kappa shape index (κ2) is 14.4. The fourth-order valence-electron chi connectivity index (χ4n) is 1.01. The third-order valence-corrected chi connectivity index (χ3v) is 1.78. The molecule has 0 unspecified atom stereocenters. The standard InChI is InChI=1S/C10H22O.Hf/c1-3-5-7-9-11-10-8-6-4-2;/h3-10H2,1-2H3;/q;+4. The average molecular weight is 337 g/mol. The van der Waals surface area contributed by atoms with Crippen LogP contribution in [0.15, 0.2) is 0 Å². The molecule has 0 N–H and O–H groups in total. The van der Waals surface area contributed by atoms with Crippen LogP contribution >= 0.6 is 0 Å². The summed E-state index contributed by atoms with van der Waals surface area (Å²) in [4.78, 5) is 0. The SMILES string of the molecule is CCCCCOCCCCC.[Hf+4]. The molecule has 0 aliphatic carbocycles. The summed E-state index contributed by atoms with van der Waals surface area (Å²) in [6.07, 6.45) is 7.68. The first-order chi connectivity index (χ1) is 5.41. The van der Waals surface area contributed by atoms with Gasteiger partial charge >= 0.3 is 25.8 Å². The van der Waals surface area contributed by atoms with Crippen molar-refractivity contribution in [2.75, 3.05) is 13.2 Å². The molecule has 1 nitrogen and oxygen atoms in total. The monoisotopic (exact) mass is 338 g/mol. The fraction of sp³-hybridized carbons (Fsp3) is 1.00. The van der Waals surface area contributed by atoms with Crippen LogP contribution in [0.4, 0.5) is 0 Å². The molecule has 0 aliphatic heterocycles. The molecule has 0 saturated carbocycles. The van der Waals surface area contributed by atoms with Crippen molar-refractivity contribution < 1.29 is 30.6 Å². The van der Waals surface area contributed by atoms with Gasteiger partial charge in [0.15, 0.2) is 0 Å². The minimum absolute atomic E-state index is 0. The van der Waals surface area contributed by atoms with E-state index in [1.54, 1.807) is 0 Å². The van der Waals surface area contributed by atoms with Crippen LogP contribution < -0.4 is 0 Å². The van der Waals surface area contributed by atoms with E-state index in [1.165, 1.54) is 38.5 Å². The maximum Gasteiger partial charge on any atom is 4.00 e. The van der Waals surface area contributed by atoms with Gasteiger partial charge in [0.05, 0.1) is 0 Å². The Kier molecular flexibility index (Phi) is 18.3. The summed E-state index contributed by atoms with van der Waals surface area (Å²) < 4.78 is 5.44. The maximum absolute atomic E-state index is 5.44. The molecule has 0 aromatic carbocycles. The second-order valence-electron chi connectivity index (χ2n) is 3.03. The van der Waals surface area contributed by atoms with Crippen molar-refractivity contribution in [2.24, 2.45) is 0 Å². The van der Waals surface area contributed by atoms with Gasteiger partial charge in [0, 0.05) is 13.2 Å². The normalized spacial score (nSPS) is 9.50. The van der Waals surface area contributed by atoms with Gasteiger partial charge in [-0.15, -0.1) is 0 Å². The van der Waals surface area contributed by atoms with Gasteiger partial charge in [-0.3, -0.25) is 0 Å². The van der Waals surface area contributed by atoms with Crippen molar-refractivity contribution in [1.29, 1.82) is 0 Å². The third kappa shape index (κ3) is 13.4. The van der Waals surface area contributed by atoms with E-state index in [1.807, 2.05) is 0 Å². The molecular weight excluding hydrogens is 315 g/mol. The largest absolute Gasteiger partial charge is 4.00 e. The summed E-state index contributed by atoms with van der Waals surface area (Å²) >= 11 is 0. The van der Waals surface area contributed by atoms with E-state index in [0.29, 0.717) is 0 Å². The number of unbranched alkanes of at least 4 members (excludes halogenated alkanes) is 4. The minimum Gasteiger partial charge on any atom is -0.381 e. The van der Waals surface area contributed by atoms with Crippen LogP contribution in [0.2, 0.25) is 0 Å². The summed E-state index contributed by atoms with van der Waals surface area (Å²) in [5.74, 6) is 0. The van der Waals surface area contributed by atoms with Gasteiger partial charge in [-0.2, -0.15) is 0 Å². The van der Waals surface area contributed by atoms with Gasteiger partial charge in [-0.25, -0.2) is 0 Å². The molecule has 0 amide bonds. The zero-order valence-electron chi connectivity index (χ0n) is 8.57. The van der Waals surface area contributed by atoms with E-state index in [2.05, 4.69) is 13.8 Å². The van der Waals surface area contributed by atoms with Gasteiger partial charge in [-0.05, 0) is 12.8 Å². The molecule has 12 heavy (non-hydrogen) atoms. The van der Waals surface area contributed by atoms with Crippen LogP contribution in [0, 0.1) is 0 Å². The second-order valence-corrected chi connectivity index (χ2v) is 3.03. The molecular formula is C10H22HfO+4. The van der Waals surface area contributed by atoms with Crippen molar-refractivity contribution in [2.45, 2.75) is 52.4 Å². The first-order valence-corrected chi connectivity index (χ1v) is 4.99. The zero-order valence-corrected chi connectivity index (χ0v) is 12.2. The topological polar surface area (TPSA) is 9.23 Å². The van der Waals surface area contributed by atoms with E-state index >= 15 is 0 Å².